The summed E-state index contributed by atoms with van der Waals surface area (Å²) in [7, 11) is 0. The number of carbonyl (C=O) groups excluding carboxylic acids is 5. The number of rotatable bonds is 16. The van der Waals surface area contributed by atoms with Crippen molar-refractivity contribution in [1.29, 1.82) is 0 Å². The van der Waals surface area contributed by atoms with Gasteiger partial charge >= 0.3 is 0 Å². The molecule has 0 spiro atoms. The minimum atomic E-state index is -1.01. The summed E-state index contributed by atoms with van der Waals surface area (Å²) in [5.74, 6) is -2.26. The third kappa shape index (κ3) is 11.3. The van der Waals surface area contributed by atoms with Crippen molar-refractivity contribution in [2.75, 3.05) is 13.1 Å². The Morgan fingerprint density at radius 3 is 2.15 bits per heavy atom. The predicted octanol–water partition coefficient (Wildman–Crippen LogP) is -1.59. The highest BCUT2D eigenvalue weighted by molar-refractivity contribution is 5.93. The number of nitrogens with zero attached hydrogens (tertiary/aromatic N) is 1. The van der Waals surface area contributed by atoms with Crippen molar-refractivity contribution in [3.8, 4) is 0 Å². The number of nitrogens with two attached hydrogens (primary N) is 3. The molecule has 39 heavy (non-hydrogen) atoms. The van der Waals surface area contributed by atoms with Crippen LogP contribution in [0.5, 0.6) is 0 Å². The fraction of sp³-hybridized carbons (Fsp3) is 0.308. The van der Waals surface area contributed by atoms with Gasteiger partial charge in [0, 0.05) is 25.1 Å². The molecule has 2 unspecified atom stereocenters. The third-order valence-electron chi connectivity index (χ3n) is 5.60. The highest BCUT2D eigenvalue weighted by atomic mass is 16.2. The van der Waals surface area contributed by atoms with Crippen LogP contribution in [-0.4, -0.2) is 61.2 Å². The highest BCUT2D eigenvalue weighted by Gasteiger charge is 2.25. The molecular weight excluding hydrogens is 504 g/mol. The lowest BCUT2D eigenvalue weighted by atomic mass is 10.0. The van der Waals surface area contributed by atoms with Crippen LogP contribution in [0.1, 0.15) is 34.3 Å². The zero-order chi connectivity index (χ0) is 28.6. The molecule has 0 saturated heterocycles. The van der Waals surface area contributed by atoms with Gasteiger partial charge in [-0.1, -0.05) is 42.5 Å². The van der Waals surface area contributed by atoms with Crippen molar-refractivity contribution in [1.82, 2.24) is 21.3 Å². The van der Waals surface area contributed by atoms with Crippen molar-refractivity contribution in [3.05, 3.63) is 71.3 Å². The summed E-state index contributed by atoms with van der Waals surface area (Å²) in [5.41, 5.74) is 17.8. The van der Waals surface area contributed by atoms with Crippen LogP contribution in [0.15, 0.2) is 59.6 Å². The van der Waals surface area contributed by atoms with Gasteiger partial charge < -0.3 is 38.5 Å². The minimum Gasteiger partial charge on any atom is -0.370 e. The lowest BCUT2D eigenvalue weighted by Gasteiger charge is -2.22. The number of hydrogen-bond acceptors (Lipinski definition) is 6. The fourth-order valence-corrected chi connectivity index (χ4v) is 3.54. The first-order chi connectivity index (χ1) is 18.7. The maximum atomic E-state index is 13.0. The summed E-state index contributed by atoms with van der Waals surface area (Å²) in [6.07, 6.45) is 1.19. The Bertz CT molecular complexity index is 1150. The zero-order valence-electron chi connectivity index (χ0n) is 21.4. The zero-order valence-corrected chi connectivity index (χ0v) is 21.4. The number of benzene rings is 2. The molecule has 0 aliphatic carbocycles. The van der Waals surface area contributed by atoms with Gasteiger partial charge in [-0.25, -0.2) is 0 Å². The molecule has 0 saturated carbocycles. The molecule has 2 rings (SSSR count). The van der Waals surface area contributed by atoms with Gasteiger partial charge in [0.05, 0.1) is 6.54 Å². The summed E-state index contributed by atoms with van der Waals surface area (Å²) in [4.78, 5) is 64.3. The largest absolute Gasteiger partial charge is 0.370 e. The van der Waals surface area contributed by atoms with Crippen LogP contribution < -0.4 is 38.5 Å². The smallest absolute Gasteiger partial charge is 0.248 e. The Labute approximate surface area is 226 Å². The molecule has 5 amide bonds. The molecule has 0 fully saturated rings. The van der Waals surface area contributed by atoms with E-state index in [0.29, 0.717) is 18.4 Å². The molecule has 0 aliphatic rings. The molecule has 0 radical (unpaired) electrons. The van der Waals surface area contributed by atoms with Gasteiger partial charge in [-0.2, -0.15) is 0 Å². The first-order valence-electron chi connectivity index (χ1n) is 12.2. The normalized spacial score (nSPS) is 11.8. The summed E-state index contributed by atoms with van der Waals surface area (Å²) in [5, 5.41) is 10.3. The van der Waals surface area contributed by atoms with E-state index in [1.54, 1.807) is 24.3 Å². The van der Waals surface area contributed by atoms with E-state index < -0.39 is 35.7 Å². The third-order valence-corrected chi connectivity index (χ3v) is 5.60. The van der Waals surface area contributed by atoms with Crippen LogP contribution in [0.3, 0.4) is 0 Å². The van der Waals surface area contributed by atoms with E-state index in [0.717, 1.165) is 11.1 Å². The Kier molecular flexibility index (Phi) is 12.4. The number of aliphatic imine (C=N–C) groups is 1. The minimum absolute atomic E-state index is 0.0981. The van der Waals surface area contributed by atoms with Crippen molar-refractivity contribution < 1.29 is 24.0 Å². The molecule has 13 heteroatoms. The molecule has 2 aromatic rings. The average molecular weight is 539 g/mol. The van der Waals surface area contributed by atoms with Gasteiger partial charge in [0.2, 0.25) is 30.0 Å². The SMILES string of the molecule is NC(=O)c1ccc(CNC(=O)CNC(=O)C(CCCN=C(N)N)NC(=O)C(Cc2ccccc2)NC=O)cc1. The van der Waals surface area contributed by atoms with E-state index in [2.05, 4.69) is 26.3 Å². The second-order valence-electron chi connectivity index (χ2n) is 8.59. The summed E-state index contributed by atoms with van der Waals surface area (Å²) >= 11 is 0. The monoisotopic (exact) mass is 538 g/mol. The van der Waals surface area contributed by atoms with Crippen LogP contribution in [0.4, 0.5) is 0 Å². The predicted molar refractivity (Wildman–Crippen MR) is 145 cm³/mol. The van der Waals surface area contributed by atoms with Crippen LogP contribution >= 0.6 is 0 Å². The number of primary amides is 1. The molecule has 13 nitrogen and oxygen atoms in total. The molecule has 2 aromatic carbocycles. The average Bonchev–Trinajstić information content (AvgIpc) is 2.92. The van der Waals surface area contributed by atoms with Crippen LogP contribution in [-0.2, 0) is 32.1 Å². The first-order valence-corrected chi connectivity index (χ1v) is 12.2. The van der Waals surface area contributed by atoms with Gasteiger partial charge in [0.1, 0.15) is 12.1 Å². The van der Waals surface area contributed by atoms with Gasteiger partial charge in [-0.05, 0) is 36.1 Å². The van der Waals surface area contributed by atoms with E-state index in [4.69, 9.17) is 17.2 Å². The van der Waals surface area contributed by atoms with Crippen molar-refractivity contribution in [2.45, 2.75) is 37.9 Å². The molecule has 10 N–H and O–H groups in total. The maximum Gasteiger partial charge on any atom is 0.248 e. The van der Waals surface area contributed by atoms with Gasteiger partial charge in [-0.15, -0.1) is 0 Å². The van der Waals surface area contributed by atoms with Gasteiger partial charge in [-0.3, -0.25) is 29.0 Å². The highest BCUT2D eigenvalue weighted by Crippen LogP contribution is 2.06. The fourth-order valence-electron chi connectivity index (χ4n) is 3.54. The number of hydrogen-bond donors (Lipinski definition) is 7. The van der Waals surface area contributed by atoms with E-state index in [1.807, 2.05) is 30.3 Å². The van der Waals surface area contributed by atoms with E-state index in [9.17, 15) is 24.0 Å². The Balaban J connectivity index is 1.97. The number of carbonyl (C=O) groups is 5. The molecule has 208 valence electrons. The van der Waals surface area contributed by atoms with E-state index in [1.165, 1.54) is 0 Å². The number of amides is 5. The van der Waals surface area contributed by atoms with Crippen LogP contribution in [0.25, 0.3) is 0 Å². The number of nitrogens with one attached hydrogen (secondary N) is 4. The van der Waals surface area contributed by atoms with Crippen LogP contribution in [0.2, 0.25) is 0 Å². The standard InChI is InChI=1S/C26H34N8O5/c27-23(37)19-10-8-18(9-11-19)14-31-22(36)15-32-24(38)20(7-4-12-30-26(28)29)34-25(39)21(33-16-35)13-17-5-2-1-3-6-17/h1-3,5-6,8-11,16,20-21H,4,7,12-15H2,(H2,27,37)(H,31,36)(H,32,38)(H,33,35)(H,34,39)(H4,28,29,30). The lowest BCUT2D eigenvalue weighted by Crippen LogP contribution is -2.54. The van der Waals surface area contributed by atoms with Crippen molar-refractivity contribution >= 4 is 36.0 Å². The lowest BCUT2D eigenvalue weighted by molar-refractivity contribution is -0.131. The molecule has 0 bridgehead atoms. The van der Waals surface area contributed by atoms with Crippen LogP contribution in [0, 0.1) is 0 Å². The second-order valence-corrected chi connectivity index (χ2v) is 8.59. The van der Waals surface area contributed by atoms with Crippen molar-refractivity contribution in [2.24, 2.45) is 22.2 Å². The second kappa shape index (κ2) is 16.0. The Morgan fingerprint density at radius 2 is 1.54 bits per heavy atom. The molecule has 0 aliphatic heterocycles. The van der Waals surface area contributed by atoms with E-state index >= 15 is 0 Å². The van der Waals surface area contributed by atoms with Gasteiger partial charge in [0.15, 0.2) is 5.96 Å². The summed E-state index contributed by atoms with van der Waals surface area (Å²) in [6.45, 7) is 0.0699. The molecular formula is C26H34N8O5. The summed E-state index contributed by atoms with van der Waals surface area (Å²) < 4.78 is 0. The Morgan fingerprint density at radius 1 is 0.846 bits per heavy atom. The Hall–Kier alpha value is -4.94. The van der Waals surface area contributed by atoms with E-state index in [-0.39, 0.29) is 38.4 Å². The molecule has 2 atom stereocenters. The number of guanidine groups is 1. The maximum absolute atomic E-state index is 13.0. The summed E-state index contributed by atoms with van der Waals surface area (Å²) in [6, 6.07) is 13.6. The molecule has 0 aromatic heterocycles. The molecule has 0 heterocycles. The van der Waals surface area contributed by atoms with Gasteiger partial charge in [0.25, 0.3) is 0 Å². The topological polar surface area (TPSA) is 224 Å². The quantitative estimate of drug-likeness (QED) is 0.0574. The van der Waals surface area contributed by atoms with Crippen molar-refractivity contribution in [3.63, 3.8) is 0 Å². The first kappa shape index (κ1) is 30.3.